The first kappa shape index (κ1) is 16.6. The monoisotopic (exact) mass is 351 g/mol. The summed E-state index contributed by atoms with van der Waals surface area (Å²) in [4.78, 5) is 0. The van der Waals surface area contributed by atoms with Gasteiger partial charge >= 0.3 is 0 Å². The third kappa shape index (κ3) is 4.33. The highest BCUT2D eigenvalue weighted by atomic mass is 79.9. The van der Waals surface area contributed by atoms with Crippen LogP contribution in [-0.4, -0.2) is 18.7 Å². The molecule has 21 heavy (non-hydrogen) atoms. The Labute approximate surface area is 137 Å². The van der Waals surface area contributed by atoms with Gasteiger partial charge < -0.3 is 10.1 Å². The molecule has 1 atom stereocenters. The third-order valence-corrected chi connectivity index (χ3v) is 4.39. The summed E-state index contributed by atoms with van der Waals surface area (Å²) in [5.74, 6) is 1.09. The number of nitrogens with one attached hydrogen (secondary N) is 1. The molecule has 0 amide bonds. The van der Waals surface area contributed by atoms with Crippen LogP contribution in [0.1, 0.15) is 38.8 Å². The topological polar surface area (TPSA) is 21.3 Å². The molecule has 0 aromatic heterocycles. The zero-order chi connectivity index (χ0) is 15.7. The summed E-state index contributed by atoms with van der Waals surface area (Å²) in [6, 6.07) is 4.35. The number of ether oxygens (including phenoxy) is 1. The van der Waals surface area contributed by atoms with Crippen molar-refractivity contribution in [2.75, 3.05) is 13.2 Å². The van der Waals surface area contributed by atoms with Crippen LogP contribution in [0.2, 0.25) is 0 Å². The molecule has 0 radical (unpaired) electrons. The SMILES string of the molecule is C=CC(C)(CNC(C)(C)C)Cc1cc(Br)cc2c1OCC2. The van der Waals surface area contributed by atoms with E-state index in [2.05, 4.69) is 73.7 Å². The fraction of sp³-hybridized carbons (Fsp3) is 0.556. The van der Waals surface area contributed by atoms with Crippen LogP contribution in [0.5, 0.6) is 5.75 Å². The molecule has 3 heteroatoms. The predicted octanol–water partition coefficient (Wildman–Crippen LogP) is 4.51. The van der Waals surface area contributed by atoms with Gasteiger partial charge in [-0.05, 0) is 50.5 Å². The Hall–Kier alpha value is -0.800. The van der Waals surface area contributed by atoms with Crippen molar-refractivity contribution in [2.45, 2.75) is 46.1 Å². The van der Waals surface area contributed by atoms with Gasteiger partial charge in [-0.2, -0.15) is 0 Å². The molecule has 0 saturated heterocycles. The minimum atomic E-state index is 0.00773. The number of hydrogen-bond acceptors (Lipinski definition) is 2. The smallest absolute Gasteiger partial charge is 0.125 e. The quantitative estimate of drug-likeness (QED) is 0.788. The van der Waals surface area contributed by atoms with E-state index >= 15 is 0 Å². The lowest BCUT2D eigenvalue weighted by Crippen LogP contribution is -2.43. The van der Waals surface area contributed by atoms with E-state index in [0.29, 0.717) is 0 Å². The van der Waals surface area contributed by atoms with Crippen LogP contribution in [0.25, 0.3) is 0 Å². The van der Waals surface area contributed by atoms with Crippen molar-refractivity contribution in [2.24, 2.45) is 5.41 Å². The van der Waals surface area contributed by atoms with Crippen molar-refractivity contribution in [1.82, 2.24) is 5.32 Å². The highest BCUT2D eigenvalue weighted by Gasteiger charge is 2.27. The fourth-order valence-corrected chi connectivity index (χ4v) is 3.14. The molecular formula is C18H26BrNO. The average Bonchev–Trinajstić information content (AvgIpc) is 2.84. The Morgan fingerprint density at radius 1 is 1.33 bits per heavy atom. The molecule has 116 valence electrons. The van der Waals surface area contributed by atoms with E-state index in [1.165, 1.54) is 11.1 Å². The Kier molecular flexibility index (Phi) is 4.84. The Morgan fingerprint density at radius 2 is 2.05 bits per heavy atom. The summed E-state index contributed by atoms with van der Waals surface area (Å²) in [6.07, 6.45) is 4.00. The second kappa shape index (κ2) is 6.13. The number of hydrogen-bond donors (Lipinski definition) is 1. The van der Waals surface area contributed by atoms with Crippen LogP contribution < -0.4 is 10.1 Å². The molecule has 0 spiro atoms. The maximum absolute atomic E-state index is 5.84. The lowest BCUT2D eigenvalue weighted by molar-refractivity contribution is 0.314. The van der Waals surface area contributed by atoms with Gasteiger partial charge in [-0.25, -0.2) is 0 Å². The number of rotatable bonds is 5. The summed E-state index contributed by atoms with van der Waals surface area (Å²) < 4.78 is 6.98. The summed E-state index contributed by atoms with van der Waals surface area (Å²) >= 11 is 3.62. The lowest BCUT2D eigenvalue weighted by Gasteiger charge is -2.31. The van der Waals surface area contributed by atoms with Gasteiger partial charge in [0.15, 0.2) is 0 Å². The van der Waals surface area contributed by atoms with E-state index < -0.39 is 0 Å². The molecule has 1 aliphatic rings. The second-order valence-electron chi connectivity index (χ2n) is 7.29. The van der Waals surface area contributed by atoms with Gasteiger partial charge in [0.1, 0.15) is 5.75 Å². The maximum Gasteiger partial charge on any atom is 0.125 e. The molecule has 1 N–H and O–H groups in total. The highest BCUT2D eigenvalue weighted by molar-refractivity contribution is 9.10. The number of fused-ring (bicyclic) bond motifs is 1. The molecule has 0 saturated carbocycles. The van der Waals surface area contributed by atoms with Crippen LogP contribution in [-0.2, 0) is 12.8 Å². The van der Waals surface area contributed by atoms with E-state index in [0.717, 1.165) is 36.2 Å². The lowest BCUT2D eigenvalue weighted by atomic mass is 9.82. The molecule has 0 bridgehead atoms. The summed E-state index contributed by atoms with van der Waals surface area (Å²) in [7, 11) is 0. The van der Waals surface area contributed by atoms with Crippen molar-refractivity contribution in [3.8, 4) is 5.75 Å². The molecule has 2 rings (SSSR count). The summed E-state index contributed by atoms with van der Waals surface area (Å²) in [5.41, 5.74) is 2.71. The highest BCUT2D eigenvalue weighted by Crippen LogP contribution is 2.37. The maximum atomic E-state index is 5.84. The molecule has 0 aliphatic carbocycles. The van der Waals surface area contributed by atoms with E-state index in [9.17, 15) is 0 Å². The third-order valence-electron chi connectivity index (χ3n) is 3.93. The molecule has 0 fully saturated rings. The average molecular weight is 352 g/mol. The van der Waals surface area contributed by atoms with Gasteiger partial charge in [-0.15, -0.1) is 6.58 Å². The standard InChI is InChI=1S/C18H26BrNO/c1-6-18(5,12-20-17(2,3)4)11-14-10-15(19)9-13-7-8-21-16(13)14/h6,9-10,20H,1,7-8,11-12H2,2-5H3. The molecule has 1 aliphatic heterocycles. The molecule has 1 aromatic rings. The second-order valence-corrected chi connectivity index (χ2v) is 8.21. The molecule has 1 aromatic carbocycles. The van der Waals surface area contributed by atoms with Gasteiger partial charge in [-0.1, -0.05) is 28.9 Å². The first-order valence-corrected chi connectivity index (χ1v) is 8.34. The Bertz CT molecular complexity index is 533. The van der Waals surface area contributed by atoms with E-state index in [-0.39, 0.29) is 11.0 Å². The van der Waals surface area contributed by atoms with Crippen LogP contribution in [0, 0.1) is 5.41 Å². The van der Waals surface area contributed by atoms with Crippen LogP contribution >= 0.6 is 15.9 Å². The Balaban J connectivity index is 2.21. The summed E-state index contributed by atoms with van der Waals surface area (Å²) in [5, 5.41) is 3.59. The van der Waals surface area contributed by atoms with E-state index in [1.807, 2.05) is 0 Å². The van der Waals surface area contributed by atoms with Crippen LogP contribution in [0.15, 0.2) is 29.3 Å². The van der Waals surface area contributed by atoms with Crippen molar-refractivity contribution >= 4 is 15.9 Å². The predicted molar refractivity (Wildman–Crippen MR) is 93.1 cm³/mol. The molecule has 1 heterocycles. The van der Waals surface area contributed by atoms with Gasteiger partial charge in [0.05, 0.1) is 6.61 Å². The molecule has 2 nitrogen and oxygen atoms in total. The van der Waals surface area contributed by atoms with Gasteiger partial charge in [0.25, 0.3) is 0 Å². The Morgan fingerprint density at radius 3 is 2.67 bits per heavy atom. The first-order chi connectivity index (χ1) is 9.72. The van der Waals surface area contributed by atoms with Crippen molar-refractivity contribution in [3.63, 3.8) is 0 Å². The van der Waals surface area contributed by atoms with E-state index in [1.54, 1.807) is 0 Å². The zero-order valence-electron chi connectivity index (χ0n) is 13.6. The van der Waals surface area contributed by atoms with Gasteiger partial charge in [0, 0.05) is 28.4 Å². The van der Waals surface area contributed by atoms with Crippen LogP contribution in [0.4, 0.5) is 0 Å². The van der Waals surface area contributed by atoms with Crippen molar-refractivity contribution in [1.29, 1.82) is 0 Å². The zero-order valence-corrected chi connectivity index (χ0v) is 15.1. The molecular weight excluding hydrogens is 326 g/mol. The number of benzene rings is 1. The first-order valence-electron chi connectivity index (χ1n) is 7.55. The molecule has 1 unspecified atom stereocenters. The fourth-order valence-electron chi connectivity index (χ4n) is 2.59. The van der Waals surface area contributed by atoms with Gasteiger partial charge in [0.2, 0.25) is 0 Å². The largest absolute Gasteiger partial charge is 0.493 e. The summed E-state index contributed by atoms with van der Waals surface area (Å²) in [6.45, 7) is 14.6. The van der Waals surface area contributed by atoms with Crippen molar-refractivity contribution in [3.05, 3.63) is 40.4 Å². The van der Waals surface area contributed by atoms with Gasteiger partial charge in [-0.3, -0.25) is 0 Å². The van der Waals surface area contributed by atoms with Crippen molar-refractivity contribution < 1.29 is 4.74 Å². The minimum Gasteiger partial charge on any atom is -0.493 e. The minimum absolute atomic E-state index is 0.00773. The van der Waals surface area contributed by atoms with Crippen LogP contribution in [0.3, 0.4) is 0 Å². The normalized spacial score (nSPS) is 17.0. The van der Waals surface area contributed by atoms with E-state index in [4.69, 9.17) is 4.74 Å². The number of halogens is 1.